The topological polar surface area (TPSA) is 55.8 Å². The Morgan fingerprint density at radius 1 is 1.23 bits per heavy atom. The number of fused-ring (bicyclic) bond motifs is 1. The molecule has 3 aliphatic heterocycles. The highest BCUT2D eigenvalue weighted by atomic mass is 16.6. The quantitative estimate of drug-likeness (QED) is 0.616. The molecule has 136 valence electrons. The van der Waals surface area contributed by atoms with Crippen LogP contribution in [-0.2, 0) is 25.7 Å². The predicted octanol–water partition coefficient (Wildman–Crippen LogP) is 2.45. The molecule has 1 aliphatic carbocycles. The monoisotopic (exact) mass is 353 g/mol. The van der Waals surface area contributed by atoms with Crippen LogP contribution in [0.4, 0.5) is 0 Å². The number of hydrogen-bond donors (Lipinski definition) is 0. The normalized spacial score (nSPS) is 35.3. The van der Waals surface area contributed by atoms with E-state index in [4.69, 9.17) is 9.47 Å². The van der Waals surface area contributed by atoms with Crippen molar-refractivity contribution in [1.82, 2.24) is 4.90 Å². The van der Waals surface area contributed by atoms with Crippen molar-refractivity contribution in [3.63, 3.8) is 0 Å². The van der Waals surface area contributed by atoms with Crippen molar-refractivity contribution >= 4 is 11.9 Å². The van der Waals surface area contributed by atoms with E-state index in [1.54, 1.807) is 0 Å². The maximum Gasteiger partial charge on any atom is 0.313 e. The average molecular weight is 353 g/mol. The zero-order valence-electron chi connectivity index (χ0n) is 14.7. The van der Waals surface area contributed by atoms with Gasteiger partial charge in [0.05, 0.1) is 18.6 Å². The van der Waals surface area contributed by atoms with Gasteiger partial charge >= 0.3 is 5.97 Å². The summed E-state index contributed by atoms with van der Waals surface area (Å²) >= 11 is 0. The number of benzene rings is 1. The van der Waals surface area contributed by atoms with Crippen LogP contribution in [0.25, 0.3) is 0 Å². The third kappa shape index (κ3) is 2.33. The first kappa shape index (κ1) is 16.1. The molecule has 1 saturated carbocycles. The molecule has 1 aromatic rings. The van der Waals surface area contributed by atoms with E-state index in [1.165, 1.54) is 12.8 Å². The predicted molar refractivity (Wildman–Crippen MR) is 93.9 cm³/mol. The third-order valence-corrected chi connectivity index (χ3v) is 6.39. The Bertz CT molecular complexity index is 755. The highest BCUT2D eigenvalue weighted by Crippen LogP contribution is 2.53. The molecule has 1 amide bonds. The molecule has 4 aliphatic rings. The van der Waals surface area contributed by atoms with E-state index in [0.29, 0.717) is 12.6 Å². The molecule has 2 bridgehead atoms. The Hall–Kier alpha value is -2.14. The number of carbonyl (C=O) groups is 2. The largest absolute Gasteiger partial charge is 0.460 e. The maximum atomic E-state index is 13.2. The molecule has 5 heteroatoms. The van der Waals surface area contributed by atoms with Gasteiger partial charge < -0.3 is 14.4 Å². The van der Waals surface area contributed by atoms with Crippen molar-refractivity contribution in [1.29, 1.82) is 0 Å². The molecule has 4 atom stereocenters. The van der Waals surface area contributed by atoms with Crippen LogP contribution in [0.3, 0.4) is 0 Å². The number of esters is 1. The van der Waals surface area contributed by atoms with Gasteiger partial charge in [0, 0.05) is 6.04 Å². The molecule has 1 aromatic carbocycles. The SMILES string of the molecule is O=C(OCc1ccccc1)C1C2C=CC3(CN(C4CCCC4)C(=O)C13)O2. The Kier molecular flexibility index (Phi) is 3.67. The molecular weight excluding hydrogens is 330 g/mol. The second kappa shape index (κ2) is 5.95. The van der Waals surface area contributed by atoms with E-state index in [1.807, 2.05) is 47.4 Å². The standard InChI is InChI=1S/C21H23NO4/c23-19-18-17(20(24)25-12-14-6-2-1-3-7-14)16-10-11-21(18,26-16)13-22(19)15-8-4-5-9-15/h1-3,6-7,10-11,15-18H,4-5,8-9,12-13H2. The van der Waals surface area contributed by atoms with Gasteiger partial charge in [-0.1, -0.05) is 55.3 Å². The summed E-state index contributed by atoms with van der Waals surface area (Å²) in [7, 11) is 0. The van der Waals surface area contributed by atoms with Crippen LogP contribution >= 0.6 is 0 Å². The van der Waals surface area contributed by atoms with Crippen LogP contribution in [0.5, 0.6) is 0 Å². The van der Waals surface area contributed by atoms with Gasteiger partial charge in [0.1, 0.15) is 18.1 Å². The summed E-state index contributed by atoms with van der Waals surface area (Å²) in [6, 6.07) is 9.92. The molecule has 4 unspecified atom stereocenters. The van der Waals surface area contributed by atoms with Crippen LogP contribution in [0.15, 0.2) is 42.5 Å². The minimum Gasteiger partial charge on any atom is -0.460 e. The molecule has 1 spiro atoms. The van der Waals surface area contributed by atoms with Crippen LogP contribution in [0, 0.1) is 11.8 Å². The first-order valence-corrected chi connectivity index (χ1v) is 9.56. The van der Waals surface area contributed by atoms with Crippen LogP contribution in [0.1, 0.15) is 31.2 Å². The van der Waals surface area contributed by atoms with Gasteiger partial charge in [0.25, 0.3) is 0 Å². The van der Waals surface area contributed by atoms with E-state index >= 15 is 0 Å². The summed E-state index contributed by atoms with van der Waals surface area (Å²) in [5.41, 5.74) is 0.321. The fourth-order valence-electron chi connectivity index (χ4n) is 5.15. The first-order valence-electron chi connectivity index (χ1n) is 9.56. The number of amides is 1. The van der Waals surface area contributed by atoms with Crippen LogP contribution in [0.2, 0.25) is 0 Å². The maximum absolute atomic E-state index is 13.2. The lowest BCUT2D eigenvalue weighted by atomic mass is 9.77. The van der Waals surface area contributed by atoms with E-state index in [0.717, 1.165) is 18.4 Å². The van der Waals surface area contributed by atoms with Gasteiger partial charge in [0.2, 0.25) is 5.91 Å². The van der Waals surface area contributed by atoms with E-state index in [2.05, 4.69) is 0 Å². The zero-order chi connectivity index (χ0) is 17.7. The molecule has 0 aromatic heterocycles. The molecule has 2 saturated heterocycles. The second-order valence-corrected chi connectivity index (χ2v) is 7.90. The highest BCUT2D eigenvalue weighted by Gasteiger charge is 2.67. The van der Waals surface area contributed by atoms with Gasteiger partial charge in [-0.3, -0.25) is 9.59 Å². The van der Waals surface area contributed by atoms with E-state index < -0.39 is 17.4 Å². The minimum absolute atomic E-state index is 0.0745. The summed E-state index contributed by atoms with van der Waals surface area (Å²) in [5, 5.41) is 0. The number of nitrogens with zero attached hydrogens (tertiary/aromatic N) is 1. The fourth-order valence-corrected chi connectivity index (χ4v) is 5.15. The van der Waals surface area contributed by atoms with Crippen molar-refractivity contribution in [3.05, 3.63) is 48.0 Å². The van der Waals surface area contributed by atoms with Gasteiger partial charge in [-0.2, -0.15) is 0 Å². The van der Waals surface area contributed by atoms with Gasteiger partial charge in [0.15, 0.2) is 0 Å². The lowest BCUT2D eigenvalue weighted by Crippen LogP contribution is -2.41. The minimum atomic E-state index is -0.624. The summed E-state index contributed by atoms with van der Waals surface area (Å²) in [6.07, 6.45) is 8.09. The summed E-state index contributed by atoms with van der Waals surface area (Å²) < 4.78 is 11.7. The molecule has 3 heterocycles. The molecule has 5 nitrogen and oxygen atoms in total. The average Bonchev–Trinajstić information content (AvgIpc) is 3.42. The van der Waals surface area contributed by atoms with Crippen molar-refractivity contribution in [2.75, 3.05) is 6.54 Å². The van der Waals surface area contributed by atoms with Gasteiger partial charge in [-0.25, -0.2) is 0 Å². The summed E-state index contributed by atoms with van der Waals surface area (Å²) in [6.45, 7) is 0.809. The molecule has 26 heavy (non-hydrogen) atoms. The van der Waals surface area contributed by atoms with Gasteiger partial charge in [-0.15, -0.1) is 0 Å². The van der Waals surface area contributed by atoms with Crippen molar-refractivity contribution in [3.8, 4) is 0 Å². The molecule has 0 N–H and O–H groups in total. The van der Waals surface area contributed by atoms with Crippen LogP contribution in [-0.4, -0.2) is 41.1 Å². The Balaban J connectivity index is 1.34. The fraction of sp³-hybridized carbons (Fsp3) is 0.524. The van der Waals surface area contributed by atoms with Crippen molar-refractivity contribution in [2.45, 2.75) is 50.0 Å². The molecular formula is C21H23NO4. The summed E-state index contributed by atoms with van der Waals surface area (Å²) in [4.78, 5) is 27.9. The third-order valence-electron chi connectivity index (χ3n) is 6.39. The smallest absolute Gasteiger partial charge is 0.313 e. The Labute approximate surface area is 153 Å². The van der Waals surface area contributed by atoms with Crippen molar-refractivity contribution in [2.24, 2.45) is 11.8 Å². The number of rotatable bonds is 4. The Morgan fingerprint density at radius 3 is 2.77 bits per heavy atom. The molecule has 5 rings (SSSR count). The highest BCUT2D eigenvalue weighted by molar-refractivity contribution is 5.91. The van der Waals surface area contributed by atoms with E-state index in [-0.39, 0.29) is 24.6 Å². The number of hydrogen-bond acceptors (Lipinski definition) is 4. The number of ether oxygens (including phenoxy) is 2. The number of likely N-dealkylation sites (tertiary alicyclic amines) is 1. The molecule has 0 radical (unpaired) electrons. The van der Waals surface area contributed by atoms with Gasteiger partial charge in [-0.05, 0) is 18.4 Å². The van der Waals surface area contributed by atoms with Crippen molar-refractivity contribution < 1.29 is 19.1 Å². The lowest BCUT2D eigenvalue weighted by Gasteiger charge is -2.26. The zero-order valence-corrected chi connectivity index (χ0v) is 14.7. The number of carbonyl (C=O) groups excluding carboxylic acids is 2. The molecule has 3 fully saturated rings. The Morgan fingerprint density at radius 2 is 2.00 bits per heavy atom. The summed E-state index contributed by atoms with van der Waals surface area (Å²) in [5.74, 6) is -1.20. The second-order valence-electron chi connectivity index (χ2n) is 7.90. The van der Waals surface area contributed by atoms with E-state index in [9.17, 15) is 9.59 Å². The lowest BCUT2D eigenvalue weighted by molar-refractivity contribution is -0.155. The van der Waals surface area contributed by atoms with Crippen LogP contribution < -0.4 is 0 Å². The first-order chi connectivity index (χ1) is 12.7.